The molecule has 2 fully saturated rings. The van der Waals surface area contributed by atoms with Crippen LogP contribution in [-0.2, 0) is 0 Å². The predicted molar refractivity (Wildman–Crippen MR) is 80.6 cm³/mol. The summed E-state index contributed by atoms with van der Waals surface area (Å²) in [7, 11) is 1.48. The number of aromatic nitrogens is 1. The van der Waals surface area contributed by atoms with Crippen LogP contribution in [0.4, 0.5) is 4.39 Å². The zero-order valence-electron chi connectivity index (χ0n) is 12.8. The topological polar surface area (TPSA) is 55.6 Å². The molecule has 120 valence electrons. The number of carbonyl (C=O) groups excluding carboxylic acids is 1. The summed E-state index contributed by atoms with van der Waals surface area (Å²) in [6, 6.07) is 6.31. The molecule has 6 heteroatoms. The number of carbonyl (C=O) groups is 1. The Balaban J connectivity index is 1.58. The molecule has 2 bridgehead atoms. The highest BCUT2D eigenvalue weighted by Crippen LogP contribution is 2.38. The van der Waals surface area contributed by atoms with Crippen molar-refractivity contribution in [2.75, 3.05) is 13.7 Å². The lowest BCUT2D eigenvalue weighted by molar-refractivity contribution is 0.0693. The number of fused-ring (bicyclic) bond motifs is 2. The number of piperidine rings is 1. The quantitative estimate of drug-likeness (QED) is 0.873. The van der Waals surface area contributed by atoms with Gasteiger partial charge in [0.1, 0.15) is 11.6 Å². The monoisotopic (exact) mass is 316 g/mol. The minimum Gasteiger partial charge on any atom is -0.497 e. The summed E-state index contributed by atoms with van der Waals surface area (Å²) in [6.07, 6.45) is 3.35. The third-order valence-electron chi connectivity index (χ3n) is 4.84. The molecule has 2 aliphatic rings. The van der Waals surface area contributed by atoms with Gasteiger partial charge in [-0.3, -0.25) is 4.79 Å². The van der Waals surface area contributed by atoms with Gasteiger partial charge in [-0.2, -0.15) is 0 Å². The number of nitrogens with zero attached hydrogens (tertiary/aromatic N) is 2. The van der Waals surface area contributed by atoms with Crippen molar-refractivity contribution in [3.8, 4) is 17.1 Å². The standard InChI is InChI=1S/C17H17FN2O3/c1-22-12-4-5-13(14(18)7-12)16-8-15(19-23-16)17(21)20-9-10-2-3-11(20)6-10/h4-5,7-8,10-11H,2-3,6,9H2,1H3/t10-,11-/m0/s1. The maximum absolute atomic E-state index is 14.1. The molecular formula is C17H17FN2O3. The molecule has 1 aromatic carbocycles. The summed E-state index contributed by atoms with van der Waals surface area (Å²) in [5.74, 6) is 0.697. The van der Waals surface area contributed by atoms with Gasteiger partial charge in [0.15, 0.2) is 11.5 Å². The van der Waals surface area contributed by atoms with Crippen LogP contribution in [0.2, 0.25) is 0 Å². The summed E-state index contributed by atoms with van der Waals surface area (Å²) < 4.78 is 24.3. The van der Waals surface area contributed by atoms with Crippen molar-refractivity contribution in [2.24, 2.45) is 5.92 Å². The number of rotatable bonds is 3. The third kappa shape index (κ3) is 2.38. The molecule has 1 amide bonds. The fraction of sp³-hybridized carbons (Fsp3) is 0.412. The second-order valence-corrected chi connectivity index (χ2v) is 6.21. The summed E-state index contributed by atoms with van der Waals surface area (Å²) in [5, 5.41) is 3.84. The SMILES string of the molecule is COc1ccc(-c2cc(C(=O)N3C[C@H]4CC[C@H]3C4)no2)c(F)c1. The molecule has 5 nitrogen and oxygen atoms in total. The first-order valence-corrected chi connectivity index (χ1v) is 7.77. The molecule has 4 rings (SSSR count). The van der Waals surface area contributed by atoms with Crippen LogP contribution in [-0.4, -0.2) is 35.7 Å². The zero-order chi connectivity index (χ0) is 16.0. The van der Waals surface area contributed by atoms with Crippen molar-refractivity contribution in [1.82, 2.24) is 10.1 Å². The van der Waals surface area contributed by atoms with E-state index in [1.54, 1.807) is 12.1 Å². The normalized spacial score (nSPS) is 22.6. The van der Waals surface area contributed by atoms with E-state index in [0.717, 1.165) is 19.4 Å². The van der Waals surface area contributed by atoms with Gasteiger partial charge in [0.25, 0.3) is 5.91 Å². The number of amides is 1. The van der Waals surface area contributed by atoms with Gasteiger partial charge in [-0.25, -0.2) is 4.39 Å². The summed E-state index contributed by atoms with van der Waals surface area (Å²) in [4.78, 5) is 14.4. The minimum atomic E-state index is -0.472. The van der Waals surface area contributed by atoms with Crippen molar-refractivity contribution in [2.45, 2.75) is 25.3 Å². The Bertz CT molecular complexity index is 758. The van der Waals surface area contributed by atoms with E-state index in [4.69, 9.17) is 9.26 Å². The Labute approximate surface area is 133 Å². The predicted octanol–water partition coefficient (Wildman–Crippen LogP) is 3.11. The Kier molecular flexibility index (Phi) is 3.32. The molecule has 0 radical (unpaired) electrons. The van der Waals surface area contributed by atoms with Gasteiger partial charge in [0.05, 0.1) is 12.7 Å². The second kappa shape index (κ2) is 5.37. The number of benzene rings is 1. The lowest BCUT2D eigenvalue weighted by Gasteiger charge is -2.25. The third-order valence-corrected chi connectivity index (χ3v) is 4.84. The molecular weight excluding hydrogens is 299 g/mol. The Morgan fingerprint density at radius 1 is 1.39 bits per heavy atom. The highest BCUT2D eigenvalue weighted by Gasteiger charge is 2.41. The van der Waals surface area contributed by atoms with E-state index in [-0.39, 0.29) is 22.9 Å². The summed E-state index contributed by atoms with van der Waals surface area (Å²) >= 11 is 0. The first-order chi connectivity index (χ1) is 11.2. The highest BCUT2D eigenvalue weighted by atomic mass is 19.1. The Hall–Kier alpha value is -2.37. The van der Waals surface area contributed by atoms with E-state index in [1.807, 2.05) is 4.90 Å². The number of likely N-dealkylation sites (tertiary alicyclic amines) is 1. The molecule has 1 saturated heterocycles. The van der Waals surface area contributed by atoms with E-state index >= 15 is 0 Å². The fourth-order valence-corrected chi connectivity index (χ4v) is 3.65. The lowest BCUT2D eigenvalue weighted by atomic mass is 10.1. The van der Waals surface area contributed by atoms with Gasteiger partial charge in [-0.1, -0.05) is 5.16 Å². The highest BCUT2D eigenvalue weighted by molar-refractivity contribution is 5.93. The van der Waals surface area contributed by atoms with Crippen molar-refractivity contribution < 1.29 is 18.4 Å². The largest absolute Gasteiger partial charge is 0.497 e. The van der Waals surface area contributed by atoms with E-state index in [2.05, 4.69) is 5.16 Å². The van der Waals surface area contributed by atoms with Crippen LogP contribution in [0.25, 0.3) is 11.3 Å². The molecule has 0 unspecified atom stereocenters. The molecule has 1 aliphatic carbocycles. The molecule has 2 atom stereocenters. The van der Waals surface area contributed by atoms with Gasteiger partial charge in [-0.05, 0) is 37.3 Å². The van der Waals surface area contributed by atoms with E-state index in [1.165, 1.54) is 25.7 Å². The molecule has 2 heterocycles. The molecule has 0 N–H and O–H groups in total. The first kappa shape index (κ1) is 14.2. The van der Waals surface area contributed by atoms with Crippen LogP contribution in [0.5, 0.6) is 5.75 Å². The average molecular weight is 316 g/mol. The van der Waals surface area contributed by atoms with E-state index in [0.29, 0.717) is 17.7 Å². The van der Waals surface area contributed by atoms with Gasteiger partial charge >= 0.3 is 0 Å². The number of methoxy groups -OCH3 is 1. The minimum absolute atomic E-state index is 0.124. The fourth-order valence-electron chi connectivity index (χ4n) is 3.65. The number of hydrogen-bond donors (Lipinski definition) is 0. The van der Waals surface area contributed by atoms with Crippen molar-refractivity contribution in [3.63, 3.8) is 0 Å². The van der Waals surface area contributed by atoms with Crippen LogP contribution in [0, 0.1) is 11.7 Å². The van der Waals surface area contributed by atoms with Crippen molar-refractivity contribution >= 4 is 5.91 Å². The number of hydrogen-bond acceptors (Lipinski definition) is 4. The van der Waals surface area contributed by atoms with Gasteiger partial charge < -0.3 is 14.2 Å². The summed E-state index contributed by atoms with van der Waals surface area (Å²) in [5.41, 5.74) is 0.503. The van der Waals surface area contributed by atoms with Gasteiger partial charge in [-0.15, -0.1) is 0 Å². The lowest BCUT2D eigenvalue weighted by Crippen LogP contribution is -2.37. The Morgan fingerprint density at radius 3 is 2.91 bits per heavy atom. The average Bonchev–Trinajstić information content (AvgIpc) is 3.30. The molecule has 23 heavy (non-hydrogen) atoms. The Morgan fingerprint density at radius 2 is 2.26 bits per heavy atom. The van der Waals surface area contributed by atoms with Crippen molar-refractivity contribution in [1.29, 1.82) is 0 Å². The van der Waals surface area contributed by atoms with E-state index < -0.39 is 5.82 Å². The maximum atomic E-state index is 14.1. The number of halogens is 1. The maximum Gasteiger partial charge on any atom is 0.276 e. The first-order valence-electron chi connectivity index (χ1n) is 7.77. The zero-order valence-corrected chi connectivity index (χ0v) is 12.8. The smallest absolute Gasteiger partial charge is 0.276 e. The van der Waals surface area contributed by atoms with Crippen LogP contribution < -0.4 is 4.74 Å². The summed E-state index contributed by atoms with van der Waals surface area (Å²) in [6.45, 7) is 0.794. The molecule has 2 aromatic rings. The van der Waals surface area contributed by atoms with Gasteiger partial charge in [0.2, 0.25) is 0 Å². The van der Waals surface area contributed by atoms with Crippen LogP contribution in [0.3, 0.4) is 0 Å². The van der Waals surface area contributed by atoms with E-state index in [9.17, 15) is 9.18 Å². The van der Waals surface area contributed by atoms with Crippen LogP contribution in [0.15, 0.2) is 28.8 Å². The molecule has 1 aliphatic heterocycles. The second-order valence-electron chi connectivity index (χ2n) is 6.21. The van der Waals surface area contributed by atoms with Gasteiger partial charge in [0, 0.05) is 24.7 Å². The van der Waals surface area contributed by atoms with Crippen LogP contribution >= 0.6 is 0 Å². The molecule has 1 aromatic heterocycles. The number of ether oxygens (including phenoxy) is 1. The van der Waals surface area contributed by atoms with Crippen molar-refractivity contribution in [3.05, 3.63) is 35.8 Å². The van der Waals surface area contributed by atoms with Crippen LogP contribution in [0.1, 0.15) is 29.8 Å². The molecule has 1 saturated carbocycles. The molecule has 0 spiro atoms.